The molecule has 0 saturated carbocycles. The van der Waals surface area contributed by atoms with Crippen LogP contribution in [-0.4, -0.2) is 15.0 Å². The van der Waals surface area contributed by atoms with Crippen molar-refractivity contribution < 1.29 is 0 Å². The number of aryl methyl sites for hydroxylation is 2. The van der Waals surface area contributed by atoms with Gasteiger partial charge in [-0.25, -0.2) is 9.97 Å². The van der Waals surface area contributed by atoms with Crippen molar-refractivity contribution in [3.8, 4) is 6.07 Å². The smallest absolute Gasteiger partial charge is 0.144 e. The van der Waals surface area contributed by atoms with Gasteiger partial charge in [-0.3, -0.25) is 0 Å². The van der Waals surface area contributed by atoms with Gasteiger partial charge in [-0.15, -0.1) is 0 Å². The number of aromatic nitrogens is 3. The zero-order valence-corrected chi connectivity index (χ0v) is 9.78. The Hall–Kier alpha value is -2.35. The summed E-state index contributed by atoms with van der Waals surface area (Å²) in [6.07, 6.45) is 3.45. The summed E-state index contributed by atoms with van der Waals surface area (Å²) >= 11 is 0. The van der Waals surface area contributed by atoms with Crippen LogP contribution in [-0.2, 0) is 6.54 Å². The highest BCUT2D eigenvalue weighted by Gasteiger charge is 2.08. The first kappa shape index (κ1) is 11.1. The van der Waals surface area contributed by atoms with E-state index in [0.717, 1.165) is 17.1 Å². The molecule has 0 aliphatic heterocycles. The average molecular weight is 227 g/mol. The van der Waals surface area contributed by atoms with E-state index in [2.05, 4.69) is 26.3 Å². The summed E-state index contributed by atoms with van der Waals surface area (Å²) in [4.78, 5) is 11.4. The molecule has 0 radical (unpaired) electrons. The molecule has 0 aromatic carbocycles. The predicted octanol–water partition coefficient (Wildman–Crippen LogP) is 1.91. The van der Waals surface area contributed by atoms with Gasteiger partial charge in [-0.05, 0) is 25.5 Å². The van der Waals surface area contributed by atoms with E-state index in [0.29, 0.717) is 17.9 Å². The van der Waals surface area contributed by atoms with Gasteiger partial charge >= 0.3 is 0 Å². The van der Waals surface area contributed by atoms with Gasteiger partial charge in [0.15, 0.2) is 0 Å². The van der Waals surface area contributed by atoms with Crippen molar-refractivity contribution in [2.24, 2.45) is 0 Å². The number of pyridine rings is 1. The van der Waals surface area contributed by atoms with Gasteiger partial charge in [0.05, 0.1) is 12.1 Å². The number of anilines is 1. The van der Waals surface area contributed by atoms with Crippen LogP contribution in [0.25, 0.3) is 0 Å². The van der Waals surface area contributed by atoms with Crippen LogP contribution in [0.2, 0.25) is 0 Å². The topological polar surface area (TPSA) is 77.4 Å². The van der Waals surface area contributed by atoms with Crippen LogP contribution in [0.5, 0.6) is 0 Å². The van der Waals surface area contributed by atoms with Crippen LogP contribution >= 0.6 is 0 Å². The van der Waals surface area contributed by atoms with Crippen LogP contribution in [0, 0.1) is 25.2 Å². The lowest BCUT2D eigenvalue weighted by atomic mass is 10.1. The van der Waals surface area contributed by atoms with Gasteiger partial charge in [0.2, 0.25) is 0 Å². The molecule has 17 heavy (non-hydrogen) atoms. The summed E-state index contributed by atoms with van der Waals surface area (Å²) in [5.41, 5.74) is 2.41. The summed E-state index contributed by atoms with van der Waals surface area (Å²) in [6.45, 7) is 4.34. The largest absolute Gasteiger partial charge is 0.362 e. The van der Waals surface area contributed by atoms with Crippen LogP contribution in [0.15, 0.2) is 18.5 Å². The normalized spacial score (nSPS) is 9.94. The van der Waals surface area contributed by atoms with Crippen LogP contribution in [0.3, 0.4) is 0 Å². The first-order valence-electron chi connectivity index (χ1n) is 5.31. The molecule has 0 saturated heterocycles. The molecule has 0 aliphatic rings. The standard InChI is InChI=1S/C12H13N5/c1-8-5-9(2)17-12(10(8)6-13)16-7-11-14-3-4-15-11/h3-5H,7H2,1-2H3,(H,14,15)(H,16,17). The van der Waals surface area contributed by atoms with Crippen LogP contribution in [0.4, 0.5) is 5.82 Å². The van der Waals surface area contributed by atoms with Crippen molar-refractivity contribution in [2.45, 2.75) is 20.4 Å². The first-order valence-corrected chi connectivity index (χ1v) is 5.31. The molecule has 0 fully saturated rings. The molecule has 86 valence electrons. The van der Waals surface area contributed by atoms with Gasteiger partial charge in [-0.1, -0.05) is 0 Å². The van der Waals surface area contributed by atoms with Gasteiger partial charge in [0, 0.05) is 18.1 Å². The SMILES string of the molecule is Cc1cc(C)c(C#N)c(NCc2ncc[nH]2)n1. The molecule has 2 N–H and O–H groups in total. The van der Waals surface area contributed by atoms with E-state index in [4.69, 9.17) is 5.26 Å². The van der Waals surface area contributed by atoms with E-state index in [9.17, 15) is 0 Å². The highest BCUT2D eigenvalue weighted by Crippen LogP contribution is 2.17. The lowest BCUT2D eigenvalue weighted by Crippen LogP contribution is -2.06. The highest BCUT2D eigenvalue weighted by molar-refractivity contribution is 5.56. The number of nitriles is 1. The zero-order valence-electron chi connectivity index (χ0n) is 9.78. The number of aromatic amines is 1. The van der Waals surface area contributed by atoms with E-state index in [1.54, 1.807) is 12.4 Å². The summed E-state index contributed by atoms with van der Waals surface area (Å²) in [7, 11) is 0. The van der Waals surface area contributed by atoms with E-state index in [1.807, 2.05) is 19.9 Å². The van der Waals surface area contributed by atoms with Crippen molar-refractivity contribution in [1.82, 2.24) is 15.0 Å². The molecule has 5 nitrogen and oxygen atoms in total. The molecule has 2 aromatic heterocycles. The molecule has 0 atom stereocenters. The van der Waals surface area contributed by atoms with Crippen molar-refractivity contribution in [3.63, 3.8) is 0 Å². The van der Waals surface area contributed by atoms with Crippen LogP contribution in [0.1, 0.15) is 22.6 Å². The molecule has 0 amide bonds. The van der Waals surface area contributed by atoms with Crippen LogP contribution < -0.4 is 5.32 Å². The third kappa shape index (κ3) is 2.42. The summed E-state index contributed by atoms with van der Waals surface area (Å²) in [6, 6.07) is 4.06. The maximum Gasteiger partial charge on any atom is 0.144 e. The summed E-state index contributed by atoms with van der Waals surface area (Å²) in [5, 5.41) is 12.2. The fourth-order valence-electron chi connectivity index (χ4n) is 1.67. The number of hydrogen-bond donors (Lipinski definition) is 2. The number of rotatable bonds is 3. The Kier molecular flexibility index (Phi) is 3.06. The minimum Gasteiger partial charge on any atom is -0.362 e. The van der Waals surface area contributed by atoms with Gasteiger partial charge in [-0.2, -0.15) is 5.26 Å². The lowest BCUT2D eigenvalue weighted by Gasteiger charge is -2.09. The van der Waals surface area contributed by atoms with Crippen molar-refractivity contribution in [2.75, 3.05) is 5.32 Å². The number of H-pyrrole nitrogens is 1. The quantitative estimate of drug-likeness (QED) is 0.839. The van der Waals surface area contributed by atoms with E-state index < -0.39 is 0 Å². The van der Waals surface area contributed by atoms with Gasteiger partial charge < -0.3 is 10.3 Å². The predicted molar refractivity (Wildman–Crippen MR) is 64.3 cm³/mol. The molecule has 0 bridgehead atoms. The van der Waals surface area contributed by atoms with Gasteiger partial charge in [0.1, 0.15) is 17.7 Å². The van der Waals surface area contributed by atoms with Crippen molar-refractivity contribution in [3.05, 3.63) is 41.1 Å². The van der Waals surface area contributed by atoms with Crippen molar-refractivity contribution >= 4 is 5.82 Å². The van der Waals surface area contributed by atoms with E-state index in [-0.39, 0.29) is 0 Å². The molecular weight excluding hydrogens is 214 g/mol. The minimum absolute atomic E-state index is 0.525. The molecule has 0 unspecified atom stereocenters. The van der Waals surface area contributed by atoms with E-state index in [1.165, 1.54) is 0 Å². The third-order valence-corrected chi connectivity index (χ3v) is 2.43. The number of nitrogens with zero attached hydrogens (tertiary/aromatic N) is 3. The second-order valence-corrected chi connectivity index (χ2v) is 3.81. The van der Waals surface area contributed by atoms with Gasteiger partial charge in [0.25, 0.3) is 0 Å². The summed E-state index contributed by atoms with van der Waals surface area (Å²) < 4.78 is 0. The maximum atomic E-state index is 9.09. The zero-order chi connectivity index (χ0) is 12.3. The minimum atomic E-state index is 0.525. The molecule has 2 aromatic rings. The molecule has 2 rings (SSSR count). The number of hydrogen-bond acceptors (Lipinski definition) is 4. The number of nitrogens with one attached hydrogen (secondary N) is 2. The average Bonchev–Trinajstić information content (AvgIpc) is 2.78. The fraction of sp³-hybridized carbons (Fsp3) is 0.250. The Morgan fingerprint density at radius 3 is 2.94 bits per heavy atom. The first-order chi connectivity index (χ1) is 8.20. The monoisotopic (exact) mass is 227 g/mol. The Labute approximate surface area is 99.5 Å². The van der Waals surface area contributed by atoms with E-state index >= 15 is 0 Å². The Bertz CT molecular complexity index is 551. The Morgan fingerprint density at radius 2 is 2.29 bits per heavy atom. The third-order valence-electron chi connectivity index (χ3n) is 2.43. The molecular formula is C12H13N5. The fourth-order valence-corrected chi connectivity index (χ4v) is 1.67. The lowest BCUT2D eigenvalue weighted by molar-refractivity contribution is 0.979. The molecule has 0 spiro atoms. The Balaban J connectivity index is 2.23. The molecule has 5 heteroatoms. The summed E-state index contributed by atoms with van der Waals surface area (Å²) in [5.74, 6) is 1.43. The molecule has 2 heterocycles. The van der Waals surface area contributed by atoms with Crippen molar-refractivity contribution in [1.29, 1.82) is 5.26 Å². The Morgan fingerprint density at radius 1 is 1.47 bits per heavy atom. The maximum absolute atomic E-state index is 9.09. The number of imidazole rings is 1. The highest BCUT2D eigenvalue weighted by atomic mass is 15.0. The second-order valence-electron chi connectivity index (χ2n) is 3.81. The molecule has 0 aliphatic carbocycles. The second kappa shape index (κ2) is 4.66.